The number of sulfone groups is 1. The van der Waals surface area contributed by atoms with E-state index in [4.69, 9.17) is 0 Å². The first kappa shape index (κ1) is 26.9. The molecule has 3 aromatic rings. The number of pyridine rings is 1. The van der Waals surface area contributed by atoms with E-state index in [0.29, 0.717) is 18.3 Å². The summed E-state index contributed by atoms with van der Waals surface area (Å²) in [6, 6.07) is 11.1. The number of aromatic nitrogens is 2. The van der Waals surface area contributed by atoms with Gasteiger partial charge in [-0.05, 0) is 87.4 Å². The van der Waals surface area contributed by atoms with Crippen molar-refractivity contribution >= 4 is 26.6 Å². The van der Waals surface area contributed by atoms with E-state index in [1.54, 1.807) is 0 Å². The van der Waals surface area contributed by atoms with E-state index >= 15 is 0 Å². The fraction of sp³-hybridized carbons (Fsp3) is 0.533. The first-order valence-electron chi connectivity index (χ1n) is 13.8. The molecule has 0 radical (unpaired) electrons. The highest BCUT2D eigenvalue weighted by molar-refractivity contribution is 7.91. The van der Waals surface area contributed by atoms with Crippen molar-refractivity contribution in [3.05, 3.63) is 52.8 Å². The second kappa shape index (κ2) is 10.5. The summed E-state index contributed by atoms with van der Waals surface area (Å²) in [5.41, 5.74) is 8.25. The summed E-state index contributed by atoms with van der Waals surface area (Å²) in [6.07, 6.45) is 2.50. The monoisotopic (exact) mass is 536 g/mol. The number of hydrogen-bond acceptors (Lipinski definition) is 5. The summed E-state index contributed by atoms with van der Waals surface area (Å²) in [7, 11) is -1.08. The van der Waals surface area contributed by atoms with Gasteiger partial charge in [0, 0.05) is 47.0 Å². The Morgan fingerprint density at radius 2 is 1.79 bits per heavy atom. The molecule has 5 rings (SSSR count). The van der Waals surface area contributed by atoms with Crippen LogP contribution in [0.3, 0.4) is 0 Å². The van der Waals surface area contributed by atoms with Gasteiger partial charge in [0.1, 0.15) is 0 Å². The van der Waals surface area contributed by atoms with Crippen molar-refractivity contribution in [1.29, 1.82) is 0 Å². The van der Waals surface area contributed by atoms with E-state index in [0.717, 1.165) is 42.8 Å². The Kier molecular flexibility index (Phi) is 7.40. The van der Waals surface area contributed by atoms with Crippen LogP contribution in [-0.2, 0) is 14.6 Å². The Morgan fingerprint density at radius 1 is 1.11 bits per heavy atom. The number of piperidine rings is 1. The third-order valence-corrected chi connectivity index (χ3v) is 10.1. The number of amides is 1. The maximum absolute atomic E-state index is 13.0. The number of nitrogens with one attached hydrogen (secondary N) is 1. The van der Waals surface area contributed by atoms with Gasteiger partial charge >= 0.3 is 0 Å². The zero-order valence-corrected chi connectivity index (χ0v) is 24.1. The van der Waals surface area contributed by atoms with Crippen molar-refractivity contribution in [3.8, 4) is 11.3 Å². The maximum Gasteiger partial charge on any atom is 0.236 e. The molecular weight excluding hydrogens is 496 g/mol. The molecule has 2 aliphatic rings. The van der Waals surface area contributed by atoms with Gasteiger partial charge in [-0.15, -0.1) is 0 Å². The normalized spacial score (nSPS) is 20.2. The Hall–Kier alpha value is -2.71. The maximum atomic E-state index is 13.0. The topological polar surface area (TPSA) is 86.4 Å². The highest BCUT2D eigenvalue weighted by atomic mass is 32.2. The fourth-order valence-corrected chi connectivity index (χ4v) is 8.12. The summed E-state index contributed by atoms with van der Waals surface area (Å²) in [5, 5.41) is 1.28. The zero-order chi connectivity index (χ0) is 27.2. The second-order valence-corrected chi connectivity index (χ2v) is 13.9. The van der Waals surface area contributed by atoms with E-state index in [1.165, 1.54) is 27.8 Å². The second-order valence-electron chi connectivity index (χ2n) is 11.6. The molecule has 0 saturated carbocycles. The third kappa shape index (κ3) is 5.52. The molecule has 2 aromatic heterocycles. The number of carbonyl (C=O) groups is 1. The highest BCUT2D eigenvalue weighted by Crippen LogP contribution is 2.38. The Bertz CT molecular complexity index is 1430. The molecule has 0 bridgehead atoms. The number of aromatic amines is 1. The molecule has 204 valence electrons. The van der Waals surface area contributed by atoms with Crippen molar-refractivity contribution in [2.45, 2.75) is 64.8 Å². The average Bonchev–Trinajstić information content (AvgIpc) is 3.43. The van der Waals surface area contributed by atoms with Crippen LogP contribution in [-0.4, -0.2) is 78.3 Å². The van der Waals surface area contributed by atoms with Crippen molar-refractivity contribution in [2.24, 2.45) is 0 Å². The number of likely N-dealkylation sites (N-methyl/N-ethyl adjacent to an activating group) is 1. The quantitative estimate of drug-likeness (QED) is 0.489. The molecule has 8 heteroatoms. The minimum Gasteiger partial charge on any atom is -0.354 e. The largest absolute Gasteiger partial charge is 0.354 e. The van der Waals surface area contributed by atoms with E-state index < -0.39 is 9.84 Å². The van der Waals surface area contributed by atoms with E-state index in [-0.39, 0.29) is 30.0 Å². The molecule has 2 aliphatic heterocycles. The summed E-state index contributed by atoms with van der Waals surface area (Å²) in [5.74, 6) is 1.29. The molecule has 1 amide bonds. The van der Waals surface area contributed by atoms with Gasteiger partial charge in [0.05, 0.1) is 23.7 Å². The molecule has 1 aromatic carbocycles. The van der Waals surface area contributed by atoms with Gasteiger partial charge in [-0.3, -0.25) is 14.7 Å². The zero-order valence-electron chi connectivity index (χ0n) is 23.3. The smallest absolute Gasteiger partial charge is 0.236 e. The van der Waals surface area contributed by atoms with E-state index in [1.807, 2.05) is 30.7 Å². The lowest BCUT2D eigenvalue weighted by atomic mass is 9.87. The van der Waals surface area contributed by atoms with Gasteiger partial charge < -0.3 is 9.88 Å². The molecule has 2 saturated heterocycles. The molecular formula is C30H40N4O3S. The van der Waals surface area contributed by atoms with Crippen molar-refractivity contribution in [3.63, 3.8) is 0 Å². The highest BCUT2D eigenvalue weighted by Gasteiger charge is 2.32. The first-order valence-corrected chi connectivity index (χ1v) is 15.6. The fourth-order valence-electron chi connectivity index (χ4n) is 6.32. The van der Waals surface area contributed by atoms with Crippen molar-refractivity contribution in [2.75, 3.05) is 38.2 Å². The third-order valence-electron chi connectivity index (χ3n) is 8.35. The van der Waals surface area contributed by atoms with Crippen LogP contribution in [0.4, 0.5) is 0 Å². The number of hydrogen-bond donors (Lipinski definition) is 1. The molecule has 4 heterocycles. The van der Waals surface area contributed by atoms with Gasteiger partial charge in [-0.25, -0.2) is 8.42 Å². The molecule has 38 heavy (non-hydrogen) atoms. The minimum absolute atomic E-state index is 0.0467. The molecule has 2 fully saturated rings. The minimum atomic E-state index is -2.95. The van der Waals surface area contributed by atoms with Crippen LogP contribution in [0.15, 0.2) is 30.3 Å². The van der Waals surface area contributed by atoms with Gasteiger partial charge in [0.25, 0.3) is 0 Å². The Morgan fingerprint density at radius 3 is 2.39 bits per heavy atom. The molecule has 1 N–H and O–H groups in total. The van der Waals surface area contributed by atoms with E-state index in [2.05, 4.69) is 54.1 Å². The molecule has 7 nitrogen and oxygen atoms in total. The first-order chi connectivity index (χ1) is 18.0. The number of carbonyl (C=O) groups excluding carboxylic acids is 1. The molecule has 1 atom stereocenters. The average molecular weight is 537 g/mol. The SMILES string of the molecule is Cc1cc(-c2[nH]c3ccc(C4CCN(C(=O)CN(C)C5CCS(=O)(=O)C5)CC4)cc3c2C(C)C)cc(C)n1. The number of H-pyrrole nitrogens is 1. The van der Waals surface area contributed by atoms with Gasteiger partial charge in [0.15, 0.2) is 9.84 Å². The van der Waals surface area contributed by atoms with Crippen LogP contribution in [0.1, 0.15) is 67.5 Å². The van der Waals surface area contributed by atoms with Crippen LogP contribution in [0.25, 0.3) is 22.2 Å². The number of benzene rings is 1. The summed E-state index contributed by atoms with van der Waals surface area (Å²) in [6.45, 7) is 10.4. The van der Waals surface area contributed by atoms with Gasteiger partial charge in [0.2, 0.25) is 5.91 Å². The molecule has 0 spiro atoms. The van der Waals surface area contributed by atoms with Crippen LogP contribution in [0.2, 0.25) is 0 Å². The Balaban J connectivity index is 1.30. The van der Waals surface area contributed by atoms with Crippen LogP contribution < -0.4 is 0 Å². The summed E-state index contributed by atoms with van der Waals surface area (Å²) in [4.78, 5) is 25.1. The number of likely N-dealkylation sites (tertiary alicyclic amines) is 1. The number of nitrogens with zero attached hydrogens (tertiary/aromatic N) is 3. The van der Waals surface area contributed by atoms with Crippen molar-refractivity contribution < 1.29 is 13.2 Å². The lowest BCUT2D eigenvalue weighted by molar-refractivity contribution is -0.133. The van der Waals surface area contributed by atoms with Crippen molar-refractivity contribution in [1.82, 2.24) is 19.8 Å². The van der Waals surface area contributed by atoms with E-state index in [9.17, 15) is 13.2 Å². The summed E-state index contributed by atoms with van der Waals surface area (Å²) >= 11 is 0. The lowest BCUT2D eigenvalue weighted by Gasteiger charge is -2.34. The predicted molar refractivity (Wildman–Crippen MR) is 153 cm³/mol. The summed E-state index contributed by atoms with van der Waals surface area (Å²) < 4.78 is 23.6. The van der Waals surface area contributed by atoms with Crippen LogP contribution in [0.5, 0.6) is 0 Å². The van der Waals surface area contributed by atoms with Gasteiger partial charge in [-0.1, -0.05) is 19.9 Å². The number of aryl methyl sites for hydroxylation is 2. The lowest BCUT2D eigenvalue weighted by Crippen LogP contribution is -2.45. The van der Waals surface area contributed by atoms with Crippen LogP contribution in [0, 0.1) is 13.8 Å². The Labute approximate surface area is 226 Å². The predicted octanol–water partition coefficient (Wildman–Crippen LogP) is 4.80. The standard InChI is InChI=1S/C30H40N4O3S/c1-19(2)29-26-16-23(6-7-27(26)32-30(29)24-14-20(3)31-21(4)15-24)22-8-11-34(12-9-22)28(35)17-33(5)25-10-13-38(36,37)18-25/h6-7,14-16,19,22,25,32H,8-13,17-18H2,1-5H3. The number of rotatable bonds is 6. The molecule has 0 aliphatic carbocycles. The van der Waals surface area contributed by atoms with Crippen LogP contribution >= 0.6 is 0 Å². The number of fused-ring (bicyclic) bond motifs is 1. The molecule has 1 unspecified atom stereocenters. The van der Waals surface area contributed by atoms with Gasteiger partial charge in [-0.2, -0.15) is 0 Å².